The lowest BCUT2D eigenvalue weighted by molar-refractivity contribution is -0.137. The maximum Gasteiger partial charge on any atom is 0.416 e. The van der Waals surface area contributed by atoms with Gasteiger partial charge in [-0.25, -0.2) is 4.39 Å². The van der Waals surface area contributed by atoms with Crippen molar-refractivity contribution in [1.29, 1.82) is 0 Å². The number of methoxy groups -OCH3 is 1. The van der Waals surface area contributed by atoms with Gasteiger partial charge in [-0.3, -0.25) is 4.90 Å². The van der Waals surface area contributed by atoms with E-state index in [4.69, 9.17) is 4.74 Å². The van der Waals surface area contributed by atoms with Gasteiger partial charge in [0, 0.05) is 31.7 Å². The Morgan fingerprint density at radius 3 is 2.30 bits per heavy atom. The number of hydrogen-bond donors (Lipinski definition) is 1. The second-order valence-electron chi connectivity index (χ2n) is 4.91. The molecule has 1 aromatic rings. The zero-order chi connectivity index (χ0) is 15.5. The minimum atomic E-state index is -4.44. The Bertz CT molecular complexity index is 482. The molecule has 3 nitrogen and oxygen atoms in total. The molecule has 1 aromatic carbocycles. The Kier molecular flexibility index (Phi) is 9.20. The van der Waals surface area contributed by atoms with Gasteiger partial charge in [-0.05, 0) is 12.1 Å². The summed E-state index contributed by atoms with van der Waals surface area (Å²) in [6.45, 7) is 2.11. The molecule has 1 N–H and O–H groups in total. The minimum Gasteiger partial charge on any atom is -0.496 e. The quantitative estimate of drug-likeness (QED) is 0.811. The van der Waals surface area contributed by atoms with Crippen LogP contribution >= 0.6 is 24.8 Å². The van der Waals surface area contributed by atoms with E-state index < -0.39 is 24.5 Å². The van der Waals surface area contributed by atoms with Crippen molar-refractivity contribution >= 4 is 24.8 Å². The van der Waals surface area contributed by atoms with Crippen LogP contribution in [0, 0.1) is 0 Å². The van der Waals surface area contributed by atoms with E-state index in [-0.39, 0.29) is 30.6 Å². The fourth-order valence-corrected chi connectivity index (χ4v) is 2.53. The molecule has 9 heteroatoms. The Morgan fingerprint density at radius 1 is 1.22 bits per heavy atom. The third-order valence-corrected chi connectivity index (χ3v) is 3.66. The summed E-state index contributed by atoms with van der Waals surface area (Å²) >= 11 is 0. The topological polar surface area (TPSA) is 24.5 Å². The number of benzene rings is 1. The average molecular weight is 379 g/mol. The van der Waals surface area contributed by atoms with Crippen LogP contribution in [0.3, 0.4) is 0 Å². The maximum atomic E-state index is 13.4. The van der Waals surface area contributed by atoms with E-state index in [1.54, 1.807) is 0 Å². The number of piperazine rings is 1. The molecule has 1 atom stereocenters. The third-order valence-electron chi connectivity index (χ3n) is 3.66. The van der Waals surface area contributed by atoms with Crippen LogP contribution in [0.2, 0.25) is 0 Å². The first kappa shape index (κ1) is 22.2. The van der Waals surface area contributed by atoms with Gasteiger partial charge >= 0.3 is 6.18 Å². The SMILES string of the molecule is COc1cc(C(F)(F)F)ccc1[C@@H](CF)N1CCNCC1.Cl.Cl. The molecule has 0 aromatic heterocycles. The van der Waals surface area contributed by atoms with E-state index in [1.165, 1.54) is 13.2 Å². The summed E-state index contributed by atoms with van der Waals surface area (Å²) in [6, 6.07) is 2.64. The highest BCUT2D eigenvalue weighted by Crippen LogP contribution is 2.36. The lowest BCUT2D eigenvalue weighted by Crippen LogP contribution is -2.45. The summed E-state index contributed by atoms with van der Waals surface area (Å²) in [5.41, 5.74) is -0.337. The fraction of sp³-hybridized carbons (Fsp3) is 0.571. The van der Waals surface area contributed by atoms with Gasteiger partial charge in [0.2, 0.25) is 0 Å². The van der Waals surface area contributed by atoms with E-state index in [0.717, 1.165) is 25.2 Å². The molecule has 1 aliphatic rings. The van der Waals surface area contributed by atoms with Gasteiger partial charge in [0.05, 0.1) is 18.7 Å². The Balaban J connectivity index is 0.00000242. The molecule has 1 saturated heterocycles. The molecule has 0 spiro atoms. The number of ether oxygens (including phenoxy) is 1. The second-order valence-corrected chi connectivity index (χ2v) is 4.91. The average Bonchev–Trinajstić information content (AvgIpc) is 2.48. The van der Waals surface area contributed by atoms with Crippen molar-refractivity contribution in [3.8, 4) is 5.75 Å². The predicted molar refractivity (Wildman–Crippen MR) is 85.7 cm³/mol. The summed E-state index contributed by atoms with van der Waals surface area (Å²) in [7, 11) is 1.30. The molecular weight excluding hydrogens is 359 g/mol. The smallest absolute Gasteiger partial charge is 0.416 e. The van der Waals surface area contributed by atoms with Crippen molar-refractivity contribution in [2.24, 2.45) is 0 Å². The van der Waals surface area contributed by atoms with E-state index in [0.29, 0.717) is 18.7 Å². The summed E-state index contributed by atoms with van der Waals surface area (Å²) in [5, 5.41) is 3.16. The lowest BCUT2D eigenvalue weighted by Gasteiger charge is -2.34. The molecular formula is C14H20Cl2F4N2O. The van der Waals surface area contributed by atoms with E-state index in [9.17, 15) is 17.6 Å². The van der Waals surface area contributed by atoms with Crippen molar-refractivity contribution in [3.05, 3.63) is 29.3 Å². The van der Waals surface area contributed by atoms with E-state index in [2.05, 4.69) is 5.32 Å². The predicted octanol–water partition coefficient (Wildman–Crippen LogP) is 3.47. The highest BCUT2D eigenvalue weighted by Gasteiger charge is 2.33. The van der Waals surface area contributed by atoms with Crippen LogP contribution in [0.4, 0.5) is 17.6 Å². The van der Waals surface area contributed by atoms with Crippen molar-refractivity contribution in [3.63, 3.8) is 0 Å². The first-order chi connectivity index (χ1) is 9.97. The van der Waals surface area contributed by atoms with Crippen LogP contribution in [-0.2, 0) is 6.18 Å². The Hall–Kier alpha value is -0.760. The number of hydrogen-bond acceptors (Lipinski definition) is 3. The number of nitrogens with one attached hydrogen (secondary N) is 1. The van der Waals surface area contributed by atoms with Crippen molar-refractivity contribution in [2.45, 2.75) is 12.2 Å². The zero-order valence-electron chi connectivity index (χ0n) is 12.5. The van der Waals surface area contributed by atoms with Crippen LogP contribution in [-0.4, -0.2) is 44.9 Å². The number of halogens is 6. The van der Waals surface area contributed by atoms with Gasteiger partial charge in [0.1, 0.15) is 12.4 Å². The van der Waals surface area contributed by atoms with E-state index in [1.807, 2.05) is 4.90 Å². The second kappa shape index (κ2) is 9.52. The molecule has 0 unspecified atom stereocenters. The molecule has 23 heavy (non-hydrogen) atoms. The highest BCUT2D eigenvalue weighted by molar-refractivity contribution is 5.85. The molecule has 134 valence electrons. The summed E-state index contributed by atoms with van der Waals surface area (Å²) < 4.78 is 56.7. The van der Waals surface area contributed by atoms with Crippen LogP contribution in [0.5, 0.6) is 5.75 Å². The molecule has 1 heterocycles. The number of rotatable bonds is 4. The summed E-state index contributed by atoms with van der Waals surface area (Å²) in [4.78, 5) is 1.92. The highest BCUT2D eigenvalue weighted by atomic mass is 35.5. The summed E-state index contributed by atoms with van der Waals surface area (Å²) in [6.07, 6.45) is -4.44. The van der Waals surface area contributed by atoms with Gasteiger partial charge in [-0.1, -0.05) is 6.07 Å². The molecule has 0 amide bonds. The van der Waals surface area contributed by atoms with Crippen LogP contribution < -0.4 is 10.1 Å². The van der Waals surface area contributed by atoms with Crippen LogP contribution in [0.15, 0.2) is 18.2 Å². The van der Waals surface area contributed by atoms with Crippen molar-refractivity contribution in [1.82, 2.24) is 10.2 Å². The van der Waals surface area contributed by atoms with Crippen LogP contribution in [0.25, 0.3) is 0 Å². The maximum absolute atomic E-state index is 13.4. The van der Waals surface area contributed by atoms with Gasteiger partial charge in [-0.2, -0.15) is 13.2 Å². The molecule has 0 radical (unpaired) electrons. The largest absolute Gasteiger partial charge is 0.496 e. The fourth-order valence-electron chi connectivity index (χ4n) is 2.53. The normalized spacial score (nSPS) is 16.9. The molecule has 0 saturated carbocycles. The molecule has 1 aliphatic heterocycles. The monoisotopic (exact) mass is 378 g/mol. The Labute approximate surface area is 145 Å². The summed E-state index contributed by atoms with van der Waals surface area (Å²) in [5.74, 6) is 0.0750. The minimum absolute atomic E-state index is 0. The first-order valence-corrected chi connectivity index (χ1v) is 6.73. The number of alkyl halides is 4. The molecule has 1 fully saturated rings. The zero-order valence-corrected chi connectivity index (χ0v) is 14.2. The molecule has 0 bridgehead atoms. The van der Waals surface area contributed by atoms with E-state index >= 15 is 0 Å². The van der Waals surface area contributed by atoms with Gasteiger partial charge in [0.15, 0.2) is 0 Å². The van der Waals surface area contributed by atoms with Crippen molar-refractivity contribution < 1.29 is 22.3 Å². The first-order valence-electron chi connectivity index (χ1n) is 6.73. The Morgan fingerprint density at radius 2 is 1.83 bits per heavy atom. The standard InChI is InChI=1S/C14H18F4N2O.2ClH/c1-21-13-8-10(14(16,17)18)2-3-11(13)12(9-15)20-6-4-19-5-7-20;;/h2-3,8,12,19H,4-7,9H2,1H3;2*1H/t12-;;/m1../s1. The molecule has 2 rings (SSSR count). The number of nitrogens with zero attached hydrogens (tertiary/aromatic N) is 1. The third kappa shape index (κ3) is 5.38. The lowest BCUT2D eigenvalue weighted by atomic mass is 10.0. The van der Waals surface area contributed by atoms with Gasteiger partial charge in [0.25, 0.3) is 0 Å². The van der Waals surface area contributed by atoms with Crippen molar-refractivity contribution in [2.75, 3.05) is 40.0 Å². The molecule has 0 aliphatic carbocycles. The van der Waals surface area contributed by atoms with Crippen LogP contribution in [0.1, 0.15) is 17.2 Å². The van der Waals surface area contributed by atoms with Gasteiger partial charge < -0.3 is 10.1 Å². The van der Waals surface area contributed by atoms with Gasteiger partial charge in [-0.15, -0.1) is 24.8 Å².